The summed E-state index contributed by atoms with van der Waals surface area (Å²) >= 11 is 0. The molecular weight excluding hydrogens is 215 g/mol. The van der Waals surface area contributed by atoms with E-state index in [0.717, 1.165) is 30.6 Å². The van der Waals surface area contributed by atoms with Crippen molar-refractivity contribution in [2.45, 2.75) is 45.2 Å². The van der Waals surface area contributed by atoms with Gasteiger partial charge in [-0.1, -0.05) is 12.1 Å². The number of anilines is 1. The Morgan fingerprint density at radius 3 is 2.82 bits per heavy atom. The molecule has 2 unspecified atom stereocenters. The maximum Gasteiger partial charge on any atom is 0.146 e. The van der Waals surface area contributed by atoms with Crippen LogP contribution in [0, 0.1) is 5.82 Å². The fraction of sp³-hybridized carbons (Fsp3) is 0.571. The van der Waals surface area contributed by atoms with E-state index in [1.807, 2.05) is 13.0 Å². The average molecular weight is 236 g/mol. The van der Waals surface area contributed by atoms with Crippen LogP contribution in [0.4, 0.5) is 10.1 Å². The van der Waals surface area contributed by atoms with E-state index in [0.29, 0.717) is 6.04 Å². The molecule has 0 aliphatic carbocycles. The van der Waals surface area contributed by atoms with Crippen molar-refractivity contribution in [2.75, 3.05) is 11.4 Å². The van der Waals surface area contributed by atoms with E-state index in [4.69, 9.17) is 5.73 Å². The number of hydrogen-bond acceptors (Lipinski definition) is 2. The lowest BCUT2D eigenvalue weighted by atomic mass is 9.99. The highest BCUT2D eigenvalue weighted by Crippen LogP contribution is 2.32. The van der Waals surface area contributed by atoms with Gasteiger partial charge in [0.2, 0.25) is 0 Å². The second-order valence-corrected chi connectivity index (χ2v) is 5.00. The van der Waals surface area contributed by atoms with E-state index in [1.165, 1.54) is 12.5 Å². The molecule has 0 aromatic heterocycles. The zero-order chi connectivity index (χ0) is 12.4. The first-order valence-corrected chi connectivity index (χ1v) is 6.42. The smallest absolute Gasteiger partial charge is 0.146 e. The molecule has 3 heteroatoms. The van der Waals surface area contributed by atoms with Gasteiger partial charge in [0.25, 0.3) is 0 Å². The zero-order valence-corrected chi connectivity index (χ0v) is 10.6. The Hall–Kier alpha value is -1.09. The predicted molar refractivity (Wildman–Crippen MR) is 69.7 cm³/mol. The van der Waals surface area contributed by atoms with Gasteiger partial charge in [-0.05, 0) is 44.7 Å². The Morgan fingerprint density at radius 1 is 1.41 bits per heavy atom. The van der Waals surface area contributed by atoms with Crippen molar-refractivity contribution in [1.82, 2.24) is 0 Å². The van der Waals surface area contributed by atoms with Gasteiger partial charge in [0.05, 0.1) is 5.69 Å². The van der Waals surface area contributed by atoms with Crippen molar-refractivity contribution in [1.29, 1.82) is 0 Å². The number of benzene rings is 1. The van der Waals surface area contributed by atoms with E-state index in [2.05, 4.69) is 11.8 Å². The van der Waals surface area contributed by atoms with Crippen molar-refractivity contribution in [3.63, 3.8) is 0 Å². The predicted octanol–water partition coefficient (Wildman–Crippen LogP) is 3.22. The maximum absolute atomic E-state index is 14.1. The molecule has 1 fully saturated rings. The molecule has 2 N–H and O–H groups in total. The van der Waals surface area contributed by atoms with Crippen molar-refractivity contribution < 1.29 is 4.39 Å². The largest absolute Gasteiger partial charge is 0.366 e. The molecule has 0 radical (unpaired) electrons. The molecule has 2 nitrogen and oxygen atoms in total. The average Bonchev–Trinajstić information content (AvgIpc) is 2.30. The van der Waals surface area contributed by atoms with Gasteiger partial charge < -0.3 is 10.6 Å². The van der Waals surface area contributed by atoms with Gasteiger partial charge in [0.15, 0.2) is 0 Å². The van der Waals surface area contributed by atoms with Gasteiger partial charge in [-0.15, -0.1) is 0 Å². The zero-order valence-electron chi connectivity index (χ0n) is 10.6. The molecule has 0 spiro atoms. The first-order valence-electron chi connectivity index (χ1n) is 6.42. The lowest BCUT2D eigenvalue weighted by molar-refractivity contribution is 0.473. The highest BCUT2D eigenvalue weighted by atomic mass is 19.1. The third kappa shape index (κ3) is 2.44. The Balaban J connectivity index is 2.41. The molecule has 1 aliphatic rings. The number of nitrogens with two attached hydrogens (primary N) is 1. The quantitative estimate of drug-likeness (QED) is 0.854. The van der Waals surface area contributed by atoms with Crippen LogP contribution in [0.5, 0.6) is 0 Å². The van der Waals surface area contributed by atoms with Crippen LogP contribution in [0.15, 0.2) is 18.2 Å². The minimum atomic E-state index is -0.145. The second-order valence-electron chi connectivity index (χ2n) is 5.00. The Kier molecular flexibility index (Phi) is 3.67. The molecule has 1 aliphatic heterocycles. The van der Waals surface area contributed by atoms with Crippen LogP contribution >= 0.6 is 0 Å². The van der Waals surface area contributed by atoms with Gasteiger partial charge in [-0.3, -0.25) is 0 Å². The van der Waals surface area contributed by atoms with Gasteiger partial charge in [0.1, 0.15) is 5.82 Å². The number of piperidine rings is 1. The second kappa shape index (κ2) is 5.05. The molecule has 0 saturated carbocycles. The minimum absolute atomic E-state index is 0.130. The van der Waals surface area contributed by atoms with Crippen molar-refractivity contribution in [3.8, 4) is 0 Å². The van der Waals surface area contributed by atoms with E-state index < -0.39 is 0 Å². The summed E-state index contributed by atoms with van der Waals surface area (Å²) in [5, 5.41) is 0. The fourth-order valence-electron chi connectivity index (χ4n) is 2.63. The molecule has 1 heterocycles. The number of para-hydroxylation sites is 1. The number of hydrogen-bond donors (Lipinski definition) is 1. The van der Waals surface area contributed by atoms with Crippen LogP contribution < -0.4 is 10.6 Å². The summed E-state index contributed by atoms with van der Waals surface area (Å²) < 4.78 is 14.1. The molecule has 0 bridgehead atoms. The molecule has 17 heavy (non-hydrogen) atoms. The third-order valence-electron chi connectivity index (χ3n) is 3.60. The van der Waals surface area contributed by atoms with E-state index in [9.17, 15) is 4.39 Å². The molecule has 2 atom stereocenters. The van der Waals surface area contributed by atoms with Crippen LogP contribution in [0.25, 0.3) is 0 Å². The van der Waals surface area contributed by atoms with E-state index in [1.54, 1.807) is 6.07 Å². The summed E-state index contributed by atoms with van der Waals surface area (Å²) in [5.74, 6) is -0.145. The Bertz CT molecular complexity index is 390. The van der Waals surface area contributed by atoms with Crippen molar-refractivity contribution in [3.05, 3.63) is 29.6 Å². The van der Waals surface area contributed by atoms with Crippen LogP contribution in [-0.2, 0) is 0 Å². The molecule has 2 rings (SSSR count). The summed E-state index contributed by atoms with van der Waals surface area (Å²) in [7, 11) is 0. The molecule has 0 amide bonds. The normalized spacial score (nSPS) is 22.6. The first-order chi connectivity index (χ1) is 8.11. The monoisotopic (exact) mass is 236 g/mol. The van der Waals surface area contributed by atoms with Gasteiger partial charge in [-0.25, -0.2) is 4.39 Å². The Labute approximate surface area is 103 Å². The third-order valence-corrected chi connectivity index (χ3v) is 3.60. The highest BCUT2D eigenvalue weighted by molar-refractivity contribution is 5.57. The highest BCUT2D eigenvalue weighted by Gasteiger charge is 2.24. The Morgan fingerprint density at radius 2 is 2.18 bits per heavy atom. The SMILES string of the molecule is CC(N)c1cccc(F)c1N1CCCCC1C. The van der Waals surface area contributed by atoms with Crippen LogP contribution in [-0.4, -0.2) is 12.6 Å². The summed E-state index contributed by atoms with van der Waals surface area (Å²) in [4.78, 5) is 2.18. The summed E-state index contributed by atoms with van der Waals surface area (Å²) in [6.07, 6.45) is 3.50. The van der Waals surface area contributed by atoms with E-state index >= 15 is 0 Å². The van der Waals surface area contributed by atoms with Crippen molar-refractivity contribution >= 4 is 5.69 Å². The van der Waals surface area contributed by atoms with Gasteiger partial charge in [-0.2, -0.15) is 0 Å². The van der Waals surface area contributed by atoms with E-state index in [-0.39, 0.29) is 11.9 Å². The van der Waals surface area contributed by atoms with Crippen LogP contribution in [0.1, 0.15) is 44.7 Å². The van der Waals surface area contributed by atoms with Gasteiger partial charge >= 0.3 is 0 Å². The van der Waals surface area contributed by atoms with Crippen LogP contribution in [0.3, 0.4) is 0 Å². The number of nitrogens with zero attached hydrogens (tertiary/aromatic N) is 1. The lowest BCUT2D eigenvalue weighted by Crippen LogP contribution is -2.39. The topological polar surface area (TPSA) is 29.3 Å². The summed E-state index contributed by atoms with van der Waals surface area (Å²) in [5.41, 5.74) is 7.58. The maximum atomic E-state index is 14.1. The first kappa shape index (κ1) is 12.4. The fourth-order valence-corrected chi connectivity index (χ4v) is 2.63. The van der Waals surface area contributed by atoms with Crippen LogP contribution in [0.2, 0.25) is 0 Å². The molecule has 1 aromatic rings. The molecule has 94 valence electrons. The molecule has 1 saturated heterocycles. The number of halogens is 1. The summed E-state index contributed by atoms with van der Waals surface area (Å²) in [6, 6.07) is 5.48. The minimum Gasteiger partial charge on any atom is -0.366 e. The molecular formula is C14H21FN2. The number of rotatable bonds is 2. The molecule has 1 aromatic carbocycles. The lowest BCUT2D eigenvalue weighted by Gasteiger charge is -2.37. The van der Waals surface area contributed by atoms with Crippen molar-refractivity contribution in [2.24, 2.45) is 5.73 Å². The standard InChI is InChI=1S/C14H21FN2/c1-10-6-3-4-9-17(10)14-12(11(2)16)7-5-8-13(14)15/h5,7-8,10-11H,3-4,6,9,16H2,1-2H3. The van der Waals surface area contributed by atoms with Gasteiger partial charge in [0, 0.05) is 18.6 Å². The summed E-state index contributed by atoms with van der Waals surface area (Å²) in [6.45, 7) is 5.01.